The van der Waals surface area contributed by atoms with Gasteiger partial charge in [-0.15, -0.1) is 0 Å². The van der Waals surface area contributed by atoms with Crippen LogP contribution in [-0.2, 0) is 4.79 Å². The quantitative estimate of drug-likeness (QED) is 0.827. The number of aryl methyl sites for hydroxylation is 3. The molecule has 0 saturated carbocycles. The number of nitrogens with zero attached hydrogens (tertiary/aromatic N) is 2. The van der Waals surface area contributed by atoms with Crippen molar-refractivity contribution in [3.05, 3.63) is 64.7 Å². The average molecular weight is 380 g/mol. The van der Waals surface area contributed by atoms with Crippen molar-refractivity contribution in [2.75, 3.05) is 44.2 Å². The van der Waals surface area contributed by atoms with Crippen LogP contribution in [0.5, 0.6) is 0 Å². The molecule has 2 aromatic rings. The largest absolute Gasteiger partial charge is 0.368 e. The van der Waals surface area contributed by atoms with Gasteiger partial charge in [-0.05, 0) is 62.4 Å². The molecule has 4 heteroatoms. The van der Waals surface area contributed by atoms with E-state index >= 15 is 0 Å². The summed E-state index contributed by atoms with van der Waals surface area (Å²) in [5, 5.41) is 3.39. The standard InChI is InChI=1S/C13H18N2O.C11H15N/c1-11-3-4-12(2)13(9-11)15-7-5-14(10-16)6-8-15;1-9-2-4-10(5-3-9)11-6-7-12-8-11/h3-4,9-10H,5-8H2,1-2H3;2-5,11-12H,6-8H2,1H3. The van der Waals surface area contributed by atoms with Gasteiger partial charge in [0.25, 0.3) is 0 Å². The summed E-state index contributed by atoms with van der Waals surface area (Å²) in [6.45, 7) is 12.3. The molecule has 28 heavy (non-hydrogen) atoms. The first-order valence-corrected chi connectivity index (χ1v) is 10.4. The Morgan fingerprint density at radius 2 is 1.61 bits per heavy atom. The number of rotatable bonds is 3. The van der Waals surface area contributed by atoms with Gasteiger partial charge in [-0.25, -0.2) is 0 Å². The molecule has 2 aromatic carbocycles. The molecule has 1 unspecified atom stereocenters. The van der Waals surface area contributed by atoms with Gasteiger partial charge in [0.05, 0.1) is 0 Å². The summed E-state index contributed by atoms with van der Waals surface area (Å²) in [7, 11) is 0. The summed E-state index contributed by atoms with van der Waals surface area (Å²) in [6.07, 6.45) is 2.24. The molecule has 2 fully saturated rings. The van der Waals surface area contributed by atoms with Gasteiger partial charge in [0.15, 0.2) is 0 Å². The Bertz CT molecular complexity index is 758. The lowest BCUT2D eigenvalue weighted by molar-refractivity contribution is -0.118. The van der Waals surface area contributed by atoms with Crippen LogP contribution < -0.4 is 10.2 Å². The zero-order valence-corrected chi connectivity index (χ0v) is 17.4. The third-order valence-corrected chi connectivity index (χ3v) is 5.78. The van der Waals surface area contributed by atoms with Crippen LogP contribution in [0.3, 0.4) is 0 Å². The van der Waals surface area contributed by atoms with Crippen LogP contribution in [0.4, 0.5) is 5.69 Å². The number of amides is 1. The van der Waals surface area contributed by atoms with E-state index in [4.69, 9.17) is 0 Å². The number of carbonyl (C=O) groups is 1. The normalized spacial score (nSPS) is 19.2. The average Bonchev–Trinajstić information content (AvgIpc) is 3.26. The smallest absolute Gasteiger partial charge is 0.209 e. The van der Waals surface area contributed by atoms with E-state index in [0.717, 1.165) is 45.1 Å². The summed E-state index contributed by atoms with van der Waals surface area (Å²) in [6, 6.07) is 15.4. The van der Waals surface area contributed by atoms with E-state index < -0.39 is 0 Å². The first-order chi connectivity index (χ1) is 13.6. The molecule has 0 aromatic heterocycles. The highest BCUT2D eigenvalue weighted by Crippen LogP contribution is 2.23. The Morgan fingerprint density at radius 3 is 2.21 bits per heavy atom. The minimum Gasteiger partial charge on any atom is -0.368 e. The Morgan fingerprint density at radius 1 is 0.929 bits per heavy atom. The lowest BCUT2D eigenvalue weighted by Gasteiger charge is -2.35. The molecular weight excluding hydrogens is 346 g/mol. The molecule has 1 amide bonds. The molecule has 150 valence electrons. The maximum atomic E-state index is 10.6. The van der Waals surface area contributed by atoms with Gasteiger partial charge in [-0.1, -0.05) is 42.0 Å². The Kier molecular flexibility index (Phi) is 7.10. The van der Waals surface area contributed by atoms with Crippen molar-refractivity contribution in [3.63, 3.8) is 0 Å². The summed E-state index contributed by atoms with van der Waals surface area (Å²) >= 11 is 0. The van der Waals surface area contributed by atoms with E-state index in [1.54, 1.807) is 0 Å². The van der Waals surface area contributed by atoms with E-state index in [1.165, 1.54) is 40.9 Å². The van der Waals surface area contributed by atoms with Crippen LogP contribution in [-0.4, -0.2) is 50.6 Å². The van der Waals surface area contributed by atoms with Crippen molar-refractivity contribution in [2.24, 2.45) is 0 Å². The molecule has 0 bridgehead atoms. The molecule has 2 heterocycles. The second-order valence-electron chi connectivity index (χ2n) is 8.02. The van der Waals surface area contributed by atoms with E-state index in [1.807, 2.05) is 4.90 Å². The molecule has 2 aliphatic rings. The molecule has 4 rings (SSSR count). The van der Waals surface area contributed by atoms with Crippen LogP contribution >= 0.6 is 0 Å². The number of carbonyl (C=O) groups excluding carboxylic acids is 1. The lowest BCUT2D eigenvalue weighted by Crippen LogP contribution is -2.45. The fraction of sp³-hybridized carbons (Fsp3) is 0.458. The van der Waals surface area contributed by atoms with Crippen LogP contribution in [0.25, 0.3) is 0 Å². The van der Waals surface area contributed by atoms with Crippen molar-refractivity contribution in [2.45, 2.75) is 33.1 Å². The highest BCUT2D eigenvalue weighted by Gasteiger charge is 2.17. The van der Waals surface area contributed by atoms with E-state index in [0.29, 0.717) is 0 Å². The van der Waals surface area contributed by atoms with Crippen LogP contribution in [0.1, 0.15) is 34.6 Å². The second-order valence-corrected chi connectivity index (χ2v) is 8.02. The minimum absolute atomic E-state index is 0.755. The molecule has 2 aliphatic heterocycles. The van der Waals surface area contributed by atoms with E-state index in [2.05, 4.69) is 73.5 Å². The number of hydrogen-bond acceptors (Lipinski definition) is 3. The highest BCUT2D eigenvalue weighted by atomic mass is 16.1. The fourth-order valence-corrected chi connectivity index (χ4v) is 3.91. The zero-order valence-electron chi connectivity index (χ0n) is 17.4. The van der Waals surface area contributed by atoms with Gasteiger partial charge in [0, 0.05) is 38.4 Å². The fourth-order valence-electron chi connectivity index (χ4n) is 3.91. The maximum absolute atomic E-state index is 10.6. The van der Waals surface area contributed by atoms with Crippen LogP contribution in [0.15, 0.2) is 42.5 Å². The molecular formula is C24H33N3O. The third-order valence-electron chi connectivity index (χ3n) is 5.78. The number of nitrogens with one attached hydrogen (secondary N) is 1. The second kappa shape index (κ2) is 9.74. The molecule has 1 N–H and O–H groups in total. The Hall–Kier alpha value is -2.33. The Balaban J connectivity index is 0.000000167. The summed E-state index contributed by atoms with van der Waals surface area (Å²) in [5.41, 5.74) is 6.75. The van der Waals surface area contributed by atoms with Crippen molar-refractivity contribution in [1.29, 1.82) is 0 Å². The molecule has 1 atom stereocenters. The van der Waals surface area contributed by atoms with Gasteiger partial charge in [-0.2, -0.15) is 0 Å². The number of piperazine rings is 1. The van der Waals surface area contributed by atoms with Gasteiger partial charge in [-0.3, -0.25) is 4.79 Å². The topological polar surface area (TPSA) is 35.6 Å². The molecule has 4 nitrogen and oxygen atoms in total. The van der Waals surface area contributed by atoms with Gasteiger partial charge in [0.2, 0.25) is 6.41 Å². The van der Waals surface area contributed by atoms with Gasteiger partial charge in [0.1, 0.15) is 0 Å². The SMILES string of the molecule is Cc1ccc(C)c(N2CCN(C=O)CC2)c1.Cc1ccc(C2CCNC2)cc1. The van der Waals surface area contributed by atoms with E-state index in [-0.39, 0.29) is 0 Å². The highest BCUT2D eigenvalue weighted by molar-refractivity contribution is 5.56. The van der Waals surface area contributed by atoms with Crippen molar-refractivity contribution < 1.29 is 4.79 Å². The predicted octanol–water partition coefficient (Wildman–Crippen LogP) is 3.65. The number of hydrogen-bond donors (Lipinski definition) is 1. The monoisotopic (exact) mass is 379 g/mol. The summed E-state index contributed by atoms with van der Waals surface area (Å²) in [4.78, 5) is 14.8. The summed E-state index contributed by atoms with van der Waals surface area (Å²) < 4.78 is 0. The summed E-state index contributed by atoms with van der Waals surface area (Å²) in [5.74, 6) is 0.755. The maximum Gasteiger partial charge on any atom is 0.209 e. The lowest BCUT2D eigenvalue weighted by atomic mass is 9.98. The predicted molar refractivity (Wildman–Crippen MR) is 117 cm³/mol. The first kappa shape index (κ1) is 20.4. The number of anilines is 1. The van der Waals surface area contributed by atoms with Crippen molar-refractivity contribution in [3.8, 4) is 0 Å². The molecule has 2 saturated heterocycles. The van der Waals surface area contributed by atoms with Gasteiger partial charge < -0.3 is 15.1 Å². The van der Waals surface area contributed by atoms with Crippen LogP contribution in [0.2, 0.25) is 0 Å². The number of benzene rings is 2. The molecule has 0 radical (unpaired) electrons. The first-order valence-electron chi connectivity index (χ1n) is 10.4. The third kappa shape index (κ3) is 5.35. The zero-order chi connectivity index (χ0) is 19.9. The van der Waals surface area contributed by atoms with Crippen molar-refractivity contribution >= 4 is 12.1 Å². The molecule has 0 aliphatic carbocycles. The van der Waals surface area contributed by atoms with Crippen LogP contribution in [0, 0.1) is 20.8 Å². The Labute approximate surface area is 169 Å². The van der Waals surface area contributed by atoms with E-state index in [9.17, 15) is 4.79 Å². The molecule has 0 spiro atoms. The van der Waals surface area contributed by atoms with Crippen molar-refractivity contribution in [1.82, 2.24) is 10.2 Å². The minimum atomic E-state index is 0.755. The van der Waals surface area contributed by atoms with Gasteiger partial charge >= 0.3 is 0 Å².